The van der Waals surface area contributed by atoms with Gasteiger partial charge in [-0.2, -0.15) is 0 Å². The predicted molar refractivity (Wildman–Crippen MR) is 69.3 cm³/mol. The molecule has 0 aromatic heterocycles. The summed E-state index contributed by atoms with van der Waals surface area (Å²) in [6.07, 6.45) is -0.650. The largest absolute Gasteiger partial charge is 0.474 e. The van der Waals surface area contributed by atoms with Gasteiger partial charge in [0.25, 0.3) is 5.91 Å². The first-order valence-electron chi connectivity index (χ1n) is 5.66. The topological polar surface area (TPSA) is 64.3 Å². The van der Waals surface area contributed by atoms with Crippen LogP contribution in [0.25, 0.3) is 0 Å². The van der Waals surface area contributed by atoms with Gasteiger partial charge in [0.2, 0.25) is 6.10 Å². The van der Waals surface area contributed by atoms with Crippen molar-refractivity contribution in [2.45, 2.75) is 6.10 Å². The van der Waals surface area contributed by atoms with Crippen LogP contribution in [0, 0.1) is 0 Å². The second kappa shape index (κ2) is 4.07. The molecule has 0 aliphatic carbocycles. The molecule has 1 atom stereocenters. The minimum absolute atomic E-state index is 0.181. The summed E-state index contributed by atoms with van der Waals surface area (Å²) in [5, 5.41) is 2.82. The fourth-order valence-electron chi connectivity index (χ4n) is 1.99. The van der Waals surface area contributed by atoms with Crippen LogP contribution < -0.4 is 15.8 Å². The van der Waals surface area contributed by atoms with Gasteiger partial charge in [0.1, 0.15) is 5.75 Å². The van der Waals surface area contributed by atoms with Gasteiger partial charge in [-0.1, -0.05) is 24.3 Å². The number of carbonyl (C=O) groups excluding carboxylic acids is 1. The molecule has 0 fully saturated rings. The molecule has 2 aromatic carbocycles. The van der Waals surface area contributed by atoms with Crippen molar-refractivity contribution in [2.75, 3.05) is 11.1 Å². The van der Waals surface area contributed by atoms with E-state index >= 15 is 0 Å². The number of amides is 1. The monoisotopic (exact) mass is 240 g/mol. The molecule has 3 N–H and O–H groups in total. The third-order valence-corrected chi connectivity index (χ3v) is 2.84. The Bertz CT molecular complexity index is 610. The van der Waals surface area contributed by atoms with Crippen LogP contribution in [-0.4, -0.2) is 5.91 Å². The molecule has 0 saturated heterocycles. The summed E-state index contributed by atoms with van der Waals surface area (Å²) in [4.78, 5) is 12.0. The number of hydrogen-bond donors (Lipinski definition) is 2. The van der Waals surface area contributed by atoms with Gasteiger partial charge in [-0.15, -0.1) is 0 Å². The molecule has 0 saturated carbocycles. The van der Waals surface area contributed by atoms with E-state index in [0.717, 1.165) is 5.56 Å². The molecule has 0 radical (unpaired) electrons. The van der Waals surface area contributed by atoms with Gasteiger partial charge >= 0.3 is 0 Å². The van der Waals surface area contributed by atoms with E-state index in [-0.39, 0.29) is 5.91 Å². The minimum atomic E-state index is -0.650. The number of benzene rings is 2. The highest BCUT2D eigenvalue weighted by atomic mass is 16.5. The van der Waals surface area contributed by atoms with Crippen LogP contribution in [0.15, 0.2) is 48.5 Å². The Hall–Kier alpha value is -2.49. The molecule has 2 aromatic rings. The molecule has 4 heteroatoms. The van der Waals surface area contributed by atoms with Gasteiger partial charge in [0, 0.05) is 11.3 Å². The lowest BCUT2D eigenvalue weighted by Crippen LogP contribution is -2.30. The molecule has 4 nitrogen and oxygen atoms in total. The minimum Gasteiger partial charge on any atom is -0.474 e. The molecular formula is C14H12N2O2. The Morgan fingerprint density at radius 1 is 1.11 bits per heavy atom. The zero-order chi connectivity index (χ0) is 12.5. The number of nitrogen functional groups attached to an aromatic ring is 1. The molecule has 3 rings (SSSR count). The number of hydrogen-bond acceptors (Lipinski definition) is 3. The summed E-state index contributed by atoms with van der Waals surface area (Å²) in [6.45, 7) is 0. The van der Waals surface area contributed by atoms with Crippen LogP contribution in [0.2, 0.25) is 0 Å². The number of carbonyl (C=O) groups is 1. The van der Waals surface area contributed by atoms with Crippen molar-refractivity contribution in [2.24, 2.45) is 0 Å². The van der Waals surface area contributed by atoms with E-state index in [4.69, 9.17) is 10.5 Å². The molecule has 1 heterocycles. The number of nitrogens with two attached hydrogens (primary N) is 1. The molecule has 1 unspecified atom stereocenters. The second-order valence-corrected chi connectivity index (χ2v) is 4.15. The molecule has 18 heavy (non-hydrogen) atoms. The summed E-state index contributed by atoms with van der Waals surface area (Å²) >= 11 is 0. The summed E-state index contributed by atoms with van der Waals surface area (Å²) in [5.41, 5.74) is 7.78. The first-order chi connectivity index (χ1) is 8.74. The van der Waals surface area contributed by atoms with Crippen molar-refractivity contribution in [3.05, 3.63) is 54.1 Å². The number of rotatable bonds is 1. The van der Waals surface area contributed by atoms with Crippen LogP contribution in [-0.2, 0) is 4.79 Å². The predicted octanol–water partition coefficient (Wildman–Crippen LogP) is 2.34. The van der Waals surface area contributed by atoms with Crippen molar-refractivity contribution in [3.8, 4) is 5.75 Å². The summed E-state index contributed by atoms with van der Waals surface area (Å²) in [6, 6.07) is 14.5. The number of nitrogens with one attached hydrogen (secondary N) is 1. The van der Waals surface area contributed by atoms with E-state index in [0.29, 0.717) is 17.1 Å². The van der Waals surface area contributed by atoms with E-state index in [2.05, 4.69) is 5.32 Å². The van der Waals surface area contributed by atoms with Crippen molar-refractivity contribution in [1.82, 2.24) is 0 Å². The summed E-state index contributed by atoms with van der Waals surface area (Å²) < 4.78 is 5.72. The fourth-order valence-corrected chi connectivity index (χ4v) is 1.99. The first kappa shape index (κ1) is 10.7. The zero-order valence-corrected chi connectivity index (χ0v) is 9.59. The van der Waals surface area contributed by atoms with E-state index in [9.17, 15) is 4.79 Å². The van der Waals surface area contributed by atoms with Gasteiger partial charge in [-0.3, -0.25) is 4.79 Å². The third kappa shape index (κ3) is 1.78. The molecule has 1 amide bonds. The maximum Gasteiger partial charge on any atom is 0.270 e. The van der Waals surface area contributed by atoms with E-state index in [1.807, 2.05) is 36.4 Å². The van der Waals surface area contributed by atoms with E-state index in [1.54, 1.807) is 12.1 Å². The standard InChI is InChI=1S/C14H12N2O2/c15-10-5-3-4-9(8-10)13-14(17)16-11-6-1-2-7-12(11)18-13/h1-8,13H,15H2,(H,16,17). The van der Waals surface area contributed by atoms with Gasteiger partial charge in [0.15, 0.2) is 0 Å². The van der Waals surface area contributed by atoms with Gasteiger partial charge in [0.05, 0.1) is 5.69 Å². The smallest absolute Gasteiger partial charge is 0.270 e. The quantitative estimate of drug-likeness (QED) is 0.752. The lowest BCUT2D eigenvalue weighted by atomic mass is 10.1. The number of fused-ring (bicyclic) bond motifs is 1. The Balaban J connectivity index is 1.98. The Kier molecular flexibility index (Phi) is 2.41. The molecule has 0 bridgehead atoms. The molecule has 0 spiro atoms. The Morgan fingerprint density at radius 3 is 2.78 bits per heavy atom. The highest BCUT2D eigenvalue weighted by Gasteiger charge is 2.28. The lowest BCUT2D eigenvalue weighted by molar-refractivity contribution is -0.123. The van der Waals surface area contributed by atoms with Gasteiger partial charge in [-0.05, 0) is 24.3 Å². The Morgan fingerprint density at radius 2 is 1.94 bits per heavy atom. The van der Waals surface area contributed by atoms with Crippen molar-refractivity contribution < 1.29 is 9.53 Å². The maximum atomic E-state index is 12.0. The molecule has 1 aliphatic rings. The number of anilines is 2. The van der Waals surface area contributed by atoms with Gasteiger partial charge in [-0.25, -0.2) is 0 Å². The molecule has 1 aliphatic heterocycles. The highest BCUT2D eigenvalue weighted by molar-refractivity contribution is 5.98. The van der Waals surface area contributed by atoms with Gasteiger partial charge < -0.3 is 15.8 Å². The van der Waals surface area contributed by atoms with E-state index in [1.165, 1.54) is 0 Å². The second-order valence-electron chi connectivity index (χ2n) is 4.15. The van der Waals surface area contributed by atoms with E-state index < -0.39 is 6.10 Å². The average Bonchev–Trinajstić information content (AvgIpc) is 2.38. The first-order valence-corrected chi connectivity index (χ1v) is 5.66. The van der Waals surface area contributed by atoms with Crippen molar-refractivity contribution >= 4 is 17.3 Å². The van der Waals surface area contributed by atoms with Crippen LogP contribution in [0.5, 0.6) is 5.75 Å². The number of ether oxygens (including phenoxy) is 1. The van der Waals surface area contributed by atoms with Crippen LogP contribution in [0.1, 0.15) is 11.7 Å². The van der Waals surface area contributed by atoms with Crippen molar-refractivity contribution in [1.29, 1.82) is 0 Å². The third-order valence-electron chi connectivity index (χ3n) is 2.84. The zero-order valence-electron chi connectivity index (χ0n) is 9.59. The Labute approximate surface area is 104 Å². The number of para-hydroxylation sites is 2. The normalized spacial score (nSPS) is 17.6. The maximum absolute atomic E-state index is 12.0. The fraction of sp³-hybridized carbons (Fsp3) is 0.0714. The van der Waals surface area contributed by atoms with Crippen LogP contribution >= 0.6 is 0 Å². The summed E-state index contributed by atoms with van der Waals surface area (Å²) in [5.74, 6) is 0.490. The van der Waals surface area contributed by atoms with Crippen LogP contribution in [0.4, 0.5) is 11.4 Å². The van der Waals surface area contributed by atoms with Crippen LogP contribution in [0.3, 0.4) is 0 Å². The molecule has 90 valence electrons. The van der Waals surface area contributed by atoms with Crippen molar-refractivity contribution in [3.63, 3.8) is 0 Å². The highest BCUT2D eigenvalue weighted by Crippen LogP contribution is 2.34. The lowest BCUT2D eigenvalue weighted by Gasteiger charge is -2.26. The SMILES string of the molecule is Nc1cccc(C2Oc3ccccc3NC2=O)c1. The average molecular weight is 240 g/mol. The summed E-state index contributed by atoms with van der Waals surface area (Å²) in [7, 11) is 0. The molecular weight excluding hydrogens is 228 g/mol.